The summed E-state index contributed by atoms with van der Waals surface area (Å²) in [6.07, 6.45) is 5.04. The Bertz CT molecular complexity index is 748. The first-order valence-corrected chi connectivity index (χ1v) is 7.32. The van der Waals surface area contributed by atoms with Gasteiger partial charge < -0.3 is 0 Å². The lowest BCUT2D eigenvalue weighted by Crippen LogP contribution is -2.10. The smallest absolute Gasteiger partial charge is 0.260 e. The van der Waals surface area contributed by atoms with Crippen molar-refractivity contribution in [1.29, 1.82) is 0 Å². The Labute approximate surface area is 126 Å². The molecule has 106 valence electrons. The highest BCUT2D eigenvalue weighted by molar-refractivity contribution is 7.15. The number of anilines is 1. The van der Waals surface area contributed by atoms with Crippen LogP contribution in [-0.2, 0) is 6.54 Å². The van der Waals surface area contributed by atoms with Gasteiger partial charge in [0.05, 0.1) is 18.3 Å². The quantitative estimate of drug-likeness (QED) is 0.805. The molecule has 0 aliphatic carbocycles. The van der Waals surface area contributed by atoms with E-state index in [0.717, 1.165) is 10.4 Å². The summed E-state index contributed by atoms with van der Waals surface area (Å²) in [5.74, 6) is -0.191. The second-order valence-electron chi connectivity index (χ2n) is 4.64. The van der Waals surface area contributed by atoms with E-state index in [4.69, 9.17) is 0 Å². The normalized spacial score (nSPS) is 10.5. The van der Waals surface area contributed by atoms with Crippen LogP contribution in [0.2, 0.25) is 0 Å². The van der Waals surface area contributed by atoms with E-state index in [-0.39, 0.29) is 5.91 Å². The molecule has 0 saturated carbocycles. The second-order valence-corrected chi connectivity index (χ2v) is 5.88. The van der Waals surface area contributed by atoms with Gasteiger partial charge >= 0.3 is 0 Å². The van der Waals surface area contributed by atoms with E-state index in [1.54, 1.807) is 23.3 Å². The van der Waals surface area contributed by atoms with Crippen LogP contribution in [0.5, 0.6) is 0 Å². The number of aryl methyl sites for hydroxylation is 1. The SMILES string of the molecule is Cc1cnc(NC(=O)c2cnn(Cc3ccccc3)c2)s1. The number of nitrogens with zero attached hydrogens (tertiary/aromatic N) is 3. The zero-order valence-corrected chi connectivity index (χ0v) is 12.3. The lowest BCUT2D eigenvalue weighted by molar-refractivity contribution is 0.102. The summed E-state index contributed by atoms with van der Waals surface area (Å²) in [6.45, 7) is 2.59. The van der Waals surface area contributed by atoms with E-state index in [1.807, 2.05) is 37.3 Å². The molecule has 3 aromatic rings. The zero-order chi connectivity index (χ0) is 14.7. The third-order valence-electron chi connectivity index (χ3n) is 2.92. The Morgan fingerprint density at radius 3 is 2.81 bits per heavy atom. The van der Waals surface area contributed by atoms with Gasteiger partial charge in [0.15, 0.2) is 5.13 Å². The van der Waals surface area contributed by atoms with Gasteiger partial charge in [-0.25, -0.2) is 4.98 Å². The van der Waals surface area contributed by atoms with Crippen molar-refractivity contribution in [3.63, 3.8) is 0 Å². The highest BCUT2D eigenvalue weighted by atomic mass is 32.1. The van der Waals surface area contributed by atoms with Crippen LogP contribution in [0.4, 0.5) is 5.13 Å². The molecule has 0 radical (unpaired) electrons. The molecule has 0 bridgehead atoms. The molecule has 0 spiro atoms. The average molecular weight is 298 g/mol. The second kappa shape index (κ2) is 5.88. The first kappa shape index (κ1) is 13.5. The molecule has 0 atom stereocenters. The number of thiazole rings is 1. The molecule has 0 saturated heterocycles. The van der Waals surface area contributed by atoms with Crippen molar-refractivity contribution in [2.45, 2.75) is 13.5 Å². The lowest BCUT2D eigenvalue weighted by Gasteiger charge is -2.01. The van der Waals surface area contributed by atoms with Crippen molar-refractivity contribution in [3.8, 4) is 0 Å². The van der Waals surface area contributed by atoms with Gasteiger partial charge in [0.1, 0.15) is 0 Å². The van der Waals surface area contributed by atoms with E-state index in [1.165, 1.54) is 11.3 Å². The van der Waals surface area contributed by atoms with Crippen molar-refractivity contribution in [2.75, 3.05) is 5.32 Å². The average Bonchev–Trinajstić information content (AvgIpc) is 3.09. The molecule has 0 aliphatic rings. The van der Waals surface area contributed by atoms with Crippen LogP contribution in [0.15, 0.2) is 48.9 Å². The number of aromatic nitrogens is 3. The van der Waals surface area contributed by atoms with Gasteiger partial charge in [0, 0.05) is 17.3 Å². The maximum absolute atomic E-state index is 12.1. The number of benzene rings is 1. The van der Waals surface area contributed by atoms with Crippen molar-refractivity contribution < 1.29 is 4.79 Å². The van der Waals surface area contributed by atoms with Crippen LogP contribution in [0.1, 0.15) is 20.8 Å². The summed E-state index contributed by atoms with van der Waals surface area (Å²) in [5.41, 5.74) is 1.67. The molecule has 6 heteroatoms. The van der Waals surface area contributed by atoms with E-state index < -0.39 is 0 Å². The first-order chi connectivity index (χ1) is 10.2. The number of nitrogens with one attached hydrogen (secondary N) is 1. The summed E-state index contributed by atoms with van der Waals surface area (Å²) in [4.78, 5) is 17.3. The molecule has 2 aromatic heterocycles. The Balaban J connectivity index is 1.68. The minimum Gasteiger partial charge on any atom is -0.298 e. The molecule has 1 amide bonds. The minimum atomic E-state index is -0.191. The topological polar surface area (TPSA) is 59.8 Å². The molecule has 5 nitrogen and oxygen atoms in total. The molecule has 0 fully saturated rings. The lowest BCUT2D eigenvalue weighted by atomic mass is 10.2. The fraction of sp³-hybridized carbons (Fsp3) is 0.133. The van der Waals surface area contributed by atoms with Crippen molar-refractivity contribution in [1.82, 2.24) is 14.8 Å². The highest BCUT2D eigenvalue weighted by Crippen LogP contribution is 2.17. The summed E-state index contributed by atoms with van der Waals surface area (Å²) >= 11 is 1.45. The van der Waals surface area contributed by atoms with E-state index in [2.05, 4.69) is 15.4 Å². The number of amides is 1. The molecular weight excluding hydrogens is 284 g/mol. The maximum atomic E-state index is 12.1. The third kappa shape index (κ3) is 3.35. The van der Waals surface area contributed by atoms with Crippen molar-refractivity contribution in [2.24, 2.45) is 0 Å². The highest BCUT2D eigenvalue weighted by Gasteiger charge is 2.10. The maximum Gasteiger partial charge on any atom is 0.260 e. The van der Waals surface area contributed by atoms with Gasteiger partial charge in [0.25, 0.3) is 5.91 Å². The number of carbonyl (C=O) groups is 1. The van der Waals surface area contributed by atoms with Crippen molar-refractivity contribution >= 4 is 22.4 Å². The van der Waals surface area contributed by atoms with Gasteiger partial charge in [0.2, 0.25) is 0 Å². The van der Waals surface area contributed by atoms with E-state index in [0.29, 0.717) is 17.2 Å². The summed E-state index contributed by atoms with van der Waals surface area (Å²) in [6, 6.07) is 10.00. The van der Waals surface area contributed by atoms with Crippen molar-refractivity contribution in [3.05, 3.63) is 64.9 Å². The molecule has 0 aliphatic heterocycles. The van der Waals surface area contributed by atoms with Crippen LogP contribution in [-0.4, -0.2) is 20.7 Å². The number of carbonyl (C=O) groups excluding carboxylic acids is 1. The minimum absolute atomic E-state index is 0.191. The molecule has 1 aromatic carbocycles. The summed E-state index contributed by atoms with van der Waals surface area (Å²) in [5, 5.41) is 7.59. The third-order valence-corrected chi connectivity index (χ3v) is 3.75. The molecule has 21 heavy (non-hydrogen) atoms. The molecule has 1 N–H and O–H groups in total. The molecule has 0 unspecified atom stereocenters. The summed E-state index contributed by atoms with van der Waals surface area (Å²) in [7, 11) is 0. The molecular formula is C15H14N4OS. The van der Waals surface area contributed by atoms with Gasteiger partial charge in [-0.3, -0.25) is 14.8 Å². The fourth-order valence-electron chi connectivity index (χ4n) is 1.92. The number of rotatable bonds is 4. The predicted octanol–water partition coefficient (Wildman–Crippen LogP) is 2.95. The first-order valence-electron chi connectivity index (χ1n) is 6.51. The van der Waals surface area contributed by atoms with Gasteiger partial charge in [-0.05, 0) is 12.5 Å². The van der Waals surface area contributed by atoms with Crippen LogP contribution < -0.4 is 5.32 Å². The number of hydrogen-bond acceptors (Lipinski definition) is 4. The van der Waals surface area contributed by atoms with Gasteiger partial charge in [-0.1, -0.05) is 30.3 Å². The molecule has 2 heterocycles. The fourth-order valence-corrected chi connectivity index (χ4v) is 2.58. The van der Waals surface area contributed by atoms with E-state index in [9.17, 15) is 4.79 Å². The Morgan fingerprint density at radius 2 is 2.10 bits per heavy atom. The van der Waals surface area contributed by atoms with Gasteiger partial charge in [-0.15, -0.1) is 11.3 Å². The van der Waals surface area contributed by atoms with Gasteiger partial charge in [-0.2, -0.15) is 5.10 Å². The molecule has 3 rings (SSSR count). The standard InChI is InChI=1S/C15H14N4OS/c1-11-7-16-15(21-11)18-14(20)13-8-17-19(10-13)9-12-5-3-2-4-6-12/h2-8,10H,9H2,1H3,(H,16,18,20). The Kier molecular flexibility index (Phi) is 3.79. The Morgan fingerprint density at radius 1 is 1.29 bits per heavy atom. The largest absolute Gasteiger partial charge is 0.298 e. The predicted molar refractivity (Wildman–Crippen MR) is 82.6 cm³/mol. The monoisotopic (exact) mass is 298 g/mol. The van der Waals surface area contributed by atoms with Crippen LogP contribution in [0, 0.1) is 6.92 Å². The van der Waals surface area contributed by atoms with E-state index >= 15 is 0 Å². The number of hydrogen-bond donors (Lipinski definition) is 1. The zero-order valence-electron chi connectivity index (χ0n) is 11.5. The Hall–Kier alpha value is -2.47. The van der Waals surface area contributed by atoms with Crippen LogP contribution >= 0.6 is 11.3 Å². The van der Waals surface area contributed by atoms with Crippen LogP contribution in [0.3, 0.4) is 0 Å². The summed E-state index contributed by atoms with van der Waals surface area (Å²) < 4.78 is 1.75. The van der Waals surface area contributed by atoms with Crippen LogP contribution in [0.25, 0.3) is 0 Å².